The summed E-state index contributed by atoms with van der Waals surface area (Å²) in [7, 11) is 0. The summed E-state index contributed by atoms with van der Waals surface area (Å²) in [5.74, 6) is 2.61. The van der Waals surface area contributed by atoms with Gasteiger partial charge in [-0.25, -0.2) is 4.98 Å². The number of anilines is 2. The molecule has 3 nitrogen and oxygen atoms in total. The molecule has 0 saturated heterocycles. The van der Waals surface area contributed by atoms with Crippen molar-refractivity contribution >= 4 is 28.1 Å². The first-order chi connectivity index (χ1) is 12.1. The lowest BCUT2D eigenvalue weighted by Crippen LogP contribution is -2.53. The number of para-hydroxylation sites is 1. The van der Waals surface area contributed by atoms with Crippen LogP contribution in [0.15, 0.2) is 35.7 Å². The Morgan fingerprint density at radius 1 is 1.08 bits per heavy atom. The van der Waals surface area contributed by atoms with Crippen LogP contribution in [0, 0.1) is 30.1 Å². The number of aryl methyl sites for hydroxylation is 1. The summed E-state index contributed by atoms with van der Waals surface area (Å²) in [6.07, 6.45) is 7.33. The number of hydrogen-bond donors (Lipinski definition) is 0. The molecule has 1 heterocycles. The first-order valence-electron chi connectivity index (χ1n) is 9.45. The van der Waals surface area contributed by atoms with Gasteiger partial charge in [0.25, 0.3) is 0 Å². The summed E-state index contributed by atoms with van der Waals surface area (Å²) < 4.78 is 0. The zero-order valence-corrected chi connectivity index (χ0v) is 15.5. The number of hydrogen-bond acceptors (Lipinski definition) is 3. The Bertz CT molecular complexity index is 762. The smallest absolute Gasteiger partial charge is 0.239 e. The minimum atomic E-state index is -0.149. The van der Waals surface area contributed by atoms with Gasteiger partial charge in [-0.1, -0.05) is 18.2 Å². The van der Waals surface area contributed by atoms with Crippen molar-refractivity contribution in [2.24, 2.45) is 23.2 Å². The maximum Gasteiger partial charge on any atom is 0.239 e. The number of nitrogens with zero attached hydrogens (tertiary/aromatic N) is 2. The summed E-state index contributed by atoms with van der Waals surface area (Å²) in [5, 5.41) is 2.86. The van der Waals surface area contributed by atoms with Crippen LogP contribution in [0.25, 0.3) is 0 Å². The van der Waals surface area contributed by atoms with Crippen LogP contribution in [-0.4, -0.2) is 10.9 Å². The third-order valence-electron chi connectivity index (χ3n) is 6.51. The van der Waals surface area contributed by atoms with Gasteiger partial charge in [0.2, 0.25) is 5.91 Å². The van der Waals surface area contributed by atoms with E-state index in [9.17, 15) is 4.79 Å². The SMILES string of the molecule is Cc1csc(N(C(=O)C23CC4CC(CC(C4)C2)C3)c2ccccc2)n1. The standard InChI is InChI=1S/C21H24N2OS/c1-14-13-25-20(22-14)23(18-5-3-2-4-6-18)19(24)21-10-15-7-16(11-21)9-17(8-15)12-21/h2-6,13,15-17H,7-12H2,1H3. The maximum absolute atomic E-state index is 13.9. The number of amides is 1. The molecule has 0 atom stereocenters. The van der Waals surface area contributed by atoms with Crippen LogP contribution in [-0.2, 0) is 4.79 Å². The topological polar surface area (TPSA) is 33.2 Å². The molecule has 4 aliphatic carbocycles. The van der Waals surface area contributed by atoms with Crippen LogP contribution < -0.4 is 4.90 Å². The van der Waals surface area contributed by atoms with E-state index in [1.807, 2.05) is 47.5 Å². The molecule has 130 valence electrons. The van der Waals surface area contributed by atoms with Crippen molar-refractivity contribution < 1.29 is 4.79 Å². The van der Waals surface area contributed by atoms with E-state index >= 15 is 0 Å². The highest BCUT2D eigenvalue weighted by atomic mass is 32.1. The number of carbonyl (C=O) groups is 1. The highest BCUT2D eigenvalue weighted by Gasteiger charge is 2.56. The van der Waals surface area contributed by atoms with Gasteiger partial charge in [0.05, 0.1) is 16.8 Å². The Hall–Kier alpha value is -1.68. The van der Waals surface area contributed by atoms with E-state index in [1.165, 1.54) is 19.3 Å². The molecule has 4 fully saturated rings. The molecule has 1 amide bonds. The van der Waals surface area contributed by atoms with Crippen LogP contribution in [0.2, 0.25) is 0 Å². The predicted octanol–water partition coefficient (Wildman–Crippen LogP) is 5.33. The Morgan fingerprint density at radius 3 is 2.20 bits per heavy atom. The van der Waals surface area contributed by atoms with Crippen molar-refractivity contribution in [2.45, 2.75) is 45.4 Å². The lowest BCUT2D eigenvalue weighted by atomic mass is 9.49. The fourth-order valence-corrected chi connectivity index (χ4v) is 6.76. The number of thiazole rings is 1. The summed E-state index contributed by atoms with van der Waals surface area (Å²) in [6, 6.07) is 10.1. The van der Waals surface area contributed by atoms with E-state index in [1.54, 1.807) is 11.3 Å². The molecule has 2 aromatic rings. The Balaban J connectivity index is 1.56. The third-order valence-corrected chi connectivity index (χ3v) is 7.45. The molecule has 6 rings (SSSR count). The first kappa shape index (κ1) is 15.6. The first-order valence-corrected chi connectivity index (χ1v) is 10.3. The van der Waals surface area contributed by atoms with Crippen LogP contribution in [0.5, 0.6) is 0 Å². The van der Waals surface area contributed by atoms with Gasteiger partial charge in [-0.2, -0.15) is 0 Å². The lowest BCUT2D eigenvalue weighted by molar-refractivity contribution is -0.142. The molecule has 25 heavy (non-hydrogen) atoms. The molecule has 0 spiro atoms. The fourth-order valence-electron chi connectivity index (χ4n) is 5.95. The van der Waals surface area contributed by atoms with Gasteiger partial charge in [0, 0.05) is 5.38 Å². The second-order valence-electron chi connectivity index (χ2n) is 8.45. The van der Waals surface area contributed by atoms with Crippen molar-refractivity contribution in [3.63, 3.8) is 0 Å². The molecule has 4 bridgehead atoms. The minimum absolute atomic E-state index is 0.149. The normalized spacial score (nSPS) is 32.8. The average molecular weight is 353 g/mol. The average Bonchev–Trinajstić information content (AvgIpc) is 3.01. The molecule has 4 aliphatic rings. The quantitative estimate of drug-likeness (QED) is 0.748. The second kappa shape index (κ2) is 5.66. The van der Waals surface area contributed by atoms with Crippen LogP contribution in [0.1, 0.15) is 44.2 Å². The van der Waals surface area contributed by atoms with E-state index in [0.29, 0.717) is 5.91 Å². The number of aromatic nitrogens is 1. The molecule has 1 aromatic carbocycles. The number of benzene rings is 1. The van der Waals surface area contributed by atoms with Crippen molar-refractivity contribution in [1.29, 1.82) is 0 Å². The molecule has 0 aliphatic heterocycles. The number of rotatable bonds is 3. The third kappa shape index (κ3) is 2.53. The van der Waals surface area contributed by atoms with E-state index in [-0.39, 0.29) is 5.41 Å². The van der Waals surface area contributed by atoms with Gasteiger partial charge in [-0.3, -0.25) is 9.69 Å². The van der Waals surface area contributed by atoms with Crippen LogP contribution in [0.3, 0.4) is 0 Å². The van der Waals surface area contributed by atoms with Gasteiger partial charge >= 0.3 is 0 Å². The largest absolute Gasteiger partial charge is 0.273 e. The van der Waals surface area contributed by atoms with Crippen LogP contribution in [0.4, 0.5) is 10.8 Å². The van der Waals surface area contributed by atoms with E-state index < -0.39 is 0 Å². The summed E-state index contributed by atoms with van der Waals surface area (Å²) in [4.78, 5) is 20.5. The Kier molecular flexibility index (Phi) is 3.53. The van der Waals surface area contributed by atoms with Crippen molar-refractivity contribution in [1.82, 2.24) is 4.98 Å². The highest BCUT2D eigenvalue weighted by Crippen LogP contribution is 2.61. The molecular formula is C21H24N2OS. The monoisotopic (exact) mass is 352 g/mol. The molecule has 0 unspecified atom stereocenters. The molecule has 1 aromatic heterocycles. The zero-order chi connectivity index (χ0) is 17.0. The maximum atomic E-state index is 13.9. The van der Waals surface area contributed by atoms with Gasteiger partial charge in [0.1, 0.15) is 0 Å². The molecule has 0 N–H and O–H groups in total. The van der Waals surface area contributed by atoms with Crippen molar-refractivity contribution in [3.05, 3.63) is 41.4 Å². The summed E-state index contributed by atoms with van der Waals surface area (Å²) >= 11 is 1.58. The summed E-state index contributed by atoms with van der Waals surface area (Å²) in [6.45, 7) is 2.00. The van der Waals surface area contributed by atoms with Gasteiger partial charge < -0.3 is 0 Å². The molecule has 4 saturated carbocycles. The molecule has 4 heteroatoms. The fraction of sp³-hybridized carbons (Fsp3) is 0.524. The highest BCUT2D eigenvalue weighted by molar-refractivity contribution is 7.14. The van der Waals surface area contributed by atoms with E-state index in [0.717, 1.165) is 53.5 Å². The molecular weight excluding hydrogens is 328 g/mol. The van der Waals surface area contributed by atoms with E-state index in [2.05, 4.69) is 4.98 Å². The predicted molar refractivity (Wildman–Crippen MR) is 101 cm³/mol. The van der Waals surface area contributed by atoms with Gasteiger partial charge in [-0.15, -0.1) is 11.3 Å². The lowest BCUT2D eigenvalue weighted by Gasteiger charge is -2.56. The van der Waals surface area contributed by atoms with Crippen LogP contribution >= 0.6 is 11.3 Å². The van der Waals surface area contributed by atoms with Crippen molar-refractivity contribution in [2.75, 3.05) is 4.90 Å². The van der Waals surface area contributed by atoms with Gasteiger partial charge in [0.15, 0.2) is 5.13 Å². The molecule has 0 radical (unpaired) electrons. The van der Waals surface area contributed by atoms with E-state index in [4.69, 9.17) is 0 Å². The van der Waals surface area contributed by atoms with Crippen molar-refractivity contribution in [3.8, 4) is 0 Å². The number of carbonyl (C=O) groups excluding carboxylic acids is 1. The van der Waals surface area contributed by atoms with Gasteiger partial charge in [-0.05, 0) is 75.3 Å². The summed E-state index contributed by atoms with van der Waals surface area (Å²) in [5.41, 5.74) is 1.79. The Morgan fingerprint density at radius 2 is 1.68 bits per heavy atom. The minimum Gasteiger partial charge on any atom is -0.273 e. The second-order valence-corrected chi connectivity index (χ2v) is 9.28. The zero-order valence-electron chi connectivity index (χ0n) is 14.6. The Labute approximate surface area is 153 Å².